The number of hydrogen-bond acceptors (Lipinski definition) is 3. The first-order valence-corrected chi connectivity index (χ1v) is 11.2. The van der Waals surface area contributed by atoms with Crippen molar-refractivity contribution < 1.29 is 14.3 Å². The molecule has 0 bridgehead atoms. The van der Waals surface area contributed by atoms with E-state index in [1.54, 1.807) is 0 Å². The van der Waals surface area contributed by atoms with Gasteiger partial charge in [-0.2, -0.15) is 0 Å². The van der Waals surface area contributed by atoms with Crippen LogP contribution in [0.25, 0.3) is 16.9 Å². The third kappa shape index (κ3) is 3.90. The Balaban J connectivity index is 1.58. The summed E-state index contributed by atoms with van der Waals surface area (Å²) in [7, 11) is 0. The van der Waals surface area contributed by atoms with Gasteiger partial charge in [0.05, 0.1) is 11.3 Å². The highest BCUT2D eigenvalue weighted by molar-refractivity contribution is 6.30. The molecular formula is C25H25ClN2O3. The number of carbonyl (C=O) groups is 1. The number of amides is 1. The fourth-order valence-corrected chi connectivity index (χ4v) is 4.66. The second kappa shape index (κ2) is 8.31. The topological polar surface area (TPSA) is 52.5 Å². The van der Waals surface area contributed by atoms with E-state index in [0.29, 0.717) is 16.3 Å². The first kappa shape index (κ1) is 20.0. The van der Waals surface area contributed by atoms with Crippen molar-refractivity contribution in [2.75, 3.05) is 6.79 Å². The Morgan fingerprint density at radius 2 is 1.74 bits per heavy atom. The Kier molecular flexibility index (Phi) is 5.36. The Labute approximate surface area is 186 Å². The number of ether oxygens (including phenoxy) is 2. The fraction of sp³-hybridized carbons (Fsp3) is 0.320. The third-order valence-electron chi connectivity index (χ3n) is 6.19. The molecule has 1 aliphatic carbocycles. The summed E-state index contributed by atoms with van der Waals surface area (Å²) >= 11 is 6.11. The highest BCUT2D eigenvalue weighted by Gasteiger charge is 2.24. The molecule has 5 nitrogen and oxygen atoms in total. The summed E-state index contributed by atoms with van der Waals surface area (Å²) in [4.78, 5) is 13.2. The van der Waals surface area contributed by atoms with Crippen LogP contribution in [0.5, 0.6) is 11.5 Å². The lowest BCUT2D eigenvalue weighted by atomic mass is 9.95. The van der Waals surface area contributed by atoms with E-state index < -0.39 is 0 Å². The molecule has 1 aliphatic heterocycles. The lowest BCUT2D eigenvalue weighted by Crippen LogP contribution is -2.36. The van der Waals surface area contributed by atoms with Gasteiger partial charge in [0.25, 0.3) is 5.91 Å². The molecule has 0 spiro atoms. The number of nitrogens with one attached hydrogen (secondary N) is 1. The van der Waals surface area contributed by atoms with Crippen LogP contribution in [-0.2, 0) is 0 Å². The van der Waals surface area contributed by atoms with Gasteiger partial charge in [-0.15, -0.1) is 0 Å². The molecule has 0 saturated heterocycles. The minimum absolute atomic E-state index is 0.0147. The maximum Gasteiger partial charge on any atom is 0.253 e. The predicted molar refractivity (Wildman–Crippen MR) is 121 cm³/mol. The number of carbonyl (C=O) groups excluding carboxylic acids is 1. The average molecular weight is 437 g/mol. The highest BCUT2D eigenvalue weighted by atomic mass is 35.5. The van der Waals surface area contributed by atoms with Crippen molar-refractivity contribution in [3.05, 3.63) is 64.8 Å². The molecular weight excluding hydrogens is 412 g/mol. The first-order chi connectivity index (χ1) is 15.1. The van der Waals surface area contributed by atoms with E-state index in [4.69, 9.17) is 21.1 Å². The molecule has 3 aromatic rings. The van der Waals surface area contributed by atoms with Crippen LogP contribution in [-0.4, -0.2) is 23.3 Å². The third-order valence-corrected chi connectivity index (χ3v) is 6.44. The molecule has 31 heavy (non-hydrogen) atoms. The van der Waals surface area contributed by atoms with Gasteiger partial charge in [0.1, 0.15) is 0 Å². The summed E-state index contributed by atoms with van der Waals surface area (Å²) in [6.45, 7) is 2.21. The predicted octanol–water partition coefficient (Wildman–Crippen LogP) is 5.90. The molecule has 0 unspecified atom stereocenters. The van der Waals surface area contributed by atoms with E-state index in [1.165, 1.54) is 19.3 Å². The summed E-state index contributed by atoms with van der Waals surface area (Å²) in [6, 6.07) is 15.8. The van der Waals surface area contributed by atoms with E-state index in [0.717, 1.165) is 41.2 Å². The fourth-order valence-electron chi connectivity index (χ4n) is 4.54. The molecule has 2 aromatic carbocycles. The molecule has 160 valence electrons. The maximum absolute atomic E-state index is 13.2. The van der Waals surface area contributed by atoms with Crippen LogP contribution in [0.3, 0.4) is 0 Å². The van der Waals surface area contributed by atoms with Crippen molar-refractivity contribution >= 4 is 17.5 Å². The number of hydrogen-bond donors (Lipinski definition) is 1. The first-order valence-electron chi connectivity index (χ1n) is 10.8. The molecule has 2 heterocycles. The van der Waals surface area contributed by atoms with E-state index in [9.17, 15) is 4.79 Å². The zero-order valence-corrected chi connectivity index (χ0v) is 18.2. The minimum atomic E-state index is -0.0147. The van der Waals surface area contributed by atoms with Gasteiger partial charge in [-0.1, -0.05) is 43.0 Å². The van der Waals surface area contributed by atoms with Gasteiger partial charge in [0, 0.05) is 28.5 Å². The van der Waals surface area contributed by atoms with Gasteiger partial charge in [-0.05, 0) is 55.7 Å². The van der Waals surface area contributed by atoms with Gasteiger partial charge in [0.15, 0.2) is 11.5 Å². The molecule has 1 saturated carbocycles. The SMILES string of the molecule is Cc1c(C(=O)NC2CCCCC2)cc(-c2ccc(Cl)cc2)n1-c1ccc2c(c1)OCO2. The van der Waals surface area contributed by atoms with Crippen molar-refractivity contribution in [3.63, 3.8) is 0 Å². The zero-order chi connectivity index (χ0) is 21.4. The summed E-state index contributed by atoms with van der Waals surface area (Å²) in [5.74, 6) is 1.43. The second-order valence-corrected chi connectivity index (χ2v) is 8.65. The van der Waals surface area contributed by atoms with Crippen LogP contribution in [0, 0.1) is 6.92 Å². The number of fused-ring (bicyclic) bond motifs is 1. The van der Waals surface area contributed by atoms with Crippen LogP contribution in [0.2, 0.25) is 5.02 Å². The molecule has 1 N–H and O–H groups in total. The lowest BCUT2D eigenvalue weighted by Gasteiger charge is -2.22. The number of benzene rings is 2. The van der Waals surface area contributed by atoms with Gasteiger partial charge >= 0.3 is 0 Å². The average Bonchev–Trinajstić information content (AvgIpc) is 3.38. The molecule has 1 fully saturated rings. The molecule has 1 aromatic heterocycles. The molecule has 5 rings (SSSR count). The maximum atomic E-state index is 13.2. The van der Waals surface area contributed by atoms with E-state index in [-0.39, 0.29) is 18.7 Å². The van der Waals surface area contributed by atoms with Crippen molar-refractivity contribution in [3.8, 4) is 28.4 Å². The number of rotatable bonds is 4. The Bertz CT molecular complexity index is 1110. The largest absolute Gasteiger partial charge is 0.454 e. The summed E-state index contributed by atoms with van der Waals surface area (Å²) < 4.78 is 13.1. The van der Waals surface area contributed by atoms with Gasteiger partial charge < -0.3 is 19.4 Å². The van der Waals surface area contributed by atoms with Crippen LogP contribution in [0.15, 0.2) is 48.5 Å². The molecule has 0 atom stereocenters. The minimum Gasteiger partial charge on any atom is -0.454 e. The number of aromatic nitrogens is 1. The Morgan fingerprint density at radius 3 is 2.52 bits per heavy atom. The van der Waals surface area contributed by atoms with Gasteiger partial charge in [-0.3, -0.25) is 4.79 Å². The molecule has 0 radical (unpaired) electrons. The van der Waals surface area contributed by atoms with E-state index in [1.807, 2.05) is 55.5 Å². The highest BCUT2D eigenvalue weighted by Crippen LogP contribution is 2.37. The smallest absolute Gasteiger partial charge is 0.253 e. The van der Waals surface area contributed by atoms with Gasteiger partial charge in [0.2, 0.25) is 6.79 Å². The standard InChI is InChI=1S/C25H25ClN2O3/c1-16-21(25(29)27-19-5-3-2-4-6-19)14-22(17-7-9-18(26)10-8-17)28(16)20-11-12-23-24(13-20)31-15-30-23/h7-14,19H,2-6,15H2,1H3,(H,27,29). The monoisotopic (exact) mass is 436 g/mol. The number of nitrogens with zero attached hydrogens (tertiary/aromatic N) is 1. The molecule has 2 aliphatic rings. The lowest BCUT2D eigenvalue weighted by molar-refractivity contribution is 0.0927. The van der Waals surface area contributed by atoms with Crippen molar-refractivity contribution in [2.24, 2.45) is 0 Å². The van der Waals surface area contributed by atoms with Crippen LogP contribution in [0.4, 0.5) is 0 Å². The second-order valence-electron chi connectivity index (χ2n) is 8.22. The Morgan fingerprint density at radius 1 is 1.00 bits per heavy atom. The summed E-state index contributed by atoms with van der Waals surface area (Å²) in [5.41, 5.74) is 4.41. The van der Waals surface area contributed by atoms with Crippen molar-refractivity contribution in [1.29, 1.82) is 0 Å². The number of halogens is 1. The van der Waals surface area contributed by atoms with Crippen LogP contribution in [0.1, 0.15) is 48.2 Å². The normalized spacial score (nSPS) is 15.8. The zero-order valence-electron chi connectivity index (χ0n) is 17.5. The van der Waals surface area contributed by atoms with E-state index in [2.05, 4.69) is 9.88 Å². The van der Waals surface area contributed by atoms with E-state index >= 15 is 0 Å². The molecule has 6 heteroatoms. The quantitative estimate of drug-likeness (QED) is 0.554. The van der Waals surface area contributed by atoms with Crippen LogP contribution < -0.4 is 14.8 Å². The van der Waals surface area contributed by atoms with Crippen LogP contribution >= 0.6 is 11.6 Å². The molecule has 1 amide bonds. The van der Waals surface area contributed by atoms with Gasteiger partial charge in [-0.25, -0.2) is 0 Å². The summed E-state index contributed by atoms with van der Waals surface area (Å²) in [5, 5.41) is 3.93. The summed E-state index contributed by atoms with van der Waals surface area (Å²) in [6.07, 6.45) is 5.72. The van der Waals surface area contributed by atoms with Crippen molar-refractivity contribution in [1.82, 2.24) is 9.88 Å². The van der Waals surface area contributed by atoms with Crippen molar-refractivity contribution in [2.45, 2.75) is 45.1 Å². The Hall–Kier alpha value is -2.92.